The Hall–Kier alpha value is -1.72. The number of pyridine rings is 1. The van der Waals surface area contributed by atoms with Gasteiger partial charge in [-0.05, 0) is 43.3 Å². The van der Waals surface area contributed by atoms with Crippen molar-refractivity contribution in [2.75, 3.05) is 31.1 Å². The molecule has 1 aromatic carbocycles. The van der Waals surface area contributed by atoms with Gasteiger partial charge in [0.15, 0.2) is 0 Å². The second-order valence-electron chi connectivity index (χ2n) is 5.71. The van der Waals surface area contributed by atoms with Crippen molar-refractivity contribution in [3.05, 3.63) is 53.7 Å². The van der Waals surface area contributed by atoms with E-state index in [0.717, 1.165) is 36.9 Å². The minimum Gasteiger partial charge on any atom is -0.353 e. The number of thioether (sulfide) groups is 1. The lowest BCUT2D eigenvalue weighted by atomic mass is 10.2. The van der Waals surface area contributed by atoms with Crippen LogP contribution in [0.5, 0.6) is 0 Å². The summed E-state index contributed by atoms with van der Waals surface area (Å²) < 4.78 is 0. The minimum atomic E-state index is -0.104. The molecule has 0 N–H and O–H groups in total. The summed E-state index contributed by atoms with van der Waals surface area (Å²) in [6.07, 6.45) is 1.80. The van der Waals surface area contributed by atoms with Crippen LogP contribution in [-0.4, -0.2) is 47.2 Å². The summed E-state index contributed by atoms with van der Waals surface area (Å²) in [7, 11) is 0. The third-order valence-corrected chi connectivity index (χ3v) is 5.39. The third kappa shape index (κ3) is 4.22. The van der Waals surface area contributed by atoms with E-state index in [1.54, 1.807) is 18.0 Å². The van der Waals surface area contributed by atoms with E-state index in [2.05, 4.69) is 9.88 Å². The summed E-state index contributed by atoms with van der Waals surface area (Å²) >= 11 is 7.48. The van der Waals surface area contributed by atoms with Crippen LogP contribution in [0.25, 0.3) is 0 Å². The maximum atomic E-state index is 12.7. The first kappa shape index (κ1) is 17.1. The van der Waals surface area contributed by atoms with Crippen LogP contribution in [0.4, 0.5) is 5.82 Å². The second kappa shape index (κ2) is 7.90. The predicted octanol–water partition coefficient (Wildman–Crippen LogP) is 3.56. The Kier molecular flexibility index (Phi) is 5.63. The lowest BCUT2D eigenvalue weighted by Gasteiger charge is -2.36. The van der Waals surface area contributed by atoms with Crippen LogP contribution in [-0.2, 0) is 4.79 Å². The minimum absolute atomic E-state index is 0.104. The van der Waals surface area contributed by atoms with Gasteiger partial charge >= 0.3 is 0 Å². The number of halogens is 1. The standard InChI is InChI=1S/C18H20ClN3OS/c1-14(24-16-7-5-15(19)6-8-16)18(23)22-12-10-21(11-13-22)17-4-2-3-9-20-17/h2-9,14H,10-13H2,1H3/t14-/m1/s1. The number of amides is 1. The largest absolute Gasteiger partial charge is 0.353 e. The first-order chi connectivity index (χ1) is 11.6. The number of hydrogen-bond acceptors (Lipinski definition) is 4. The number of hydrogen-bond donors (Lipinski definition) is 0. The van der Waals surface area contributed by atoms with Crippen molar-refractivity contribution in [2.24, 2.45) is 0 Å². The number of nitrogens with zero attached hydrogens (tertiary/aromatic N) is 3. The van der Waals surface area contributed by atoms with Gasteiger partial charge in [0.1, 0.15) is 5.82 Å². The third-order valence-electron chi connectivity index (χ3n) is 4.04. The SMILES string of the molecule is C[C@@H](Sc1ccc(Cl)cc1)C(=O)N1CCN(c2ccccn2)CC1. The van der Waals surface area contributed by atoms with Crippen LogP contribution in [0.2, 0.25) is 5.02 Å². The van der Waals surface area contributed by atoms with Gasteiger partial charge in [-0.1, -0.05) is 17.7 Å². The Morgan fingerprint density at radius 2 is 1.83 bits per heavy atom. The Bertz CT molecular complexity index is 672. The van der Waals surface area contributed by atoms with Gasteiger partial charge in [-0.15, -0.1) is 11.8 Å². The molecule has 1 atom stereocenters. The number of anilines is 1. The first-order valence-corrected chi connectivity index (χ1v) is 9.26. The first-order valence-electron chi connectivity index (χ1n) is 8.00. The molecule has 1 aliphatic heterocycles. The molecule has 2 heterocycles. The zero-order chi connectivity index (χ0) is 16.9. The van der Waals surface area contributed by atoms with E-state index in [4.69, 9.17) is 11.6 Å². The molecule has 0 unspecified atom stereocenters. The fourth-order valence-corrected chi connectivity index (χ4v) is 3.80. The molecule has 0 aliphatic carbocycles. The lowest BCUT2D eigenvalue weighted by molar-refractivity contribution is -0.130. The highest BCUT2D eigenvalue weighted by molar-refractivity contribution is 8.00. The summed E-state index contributed by atoms with van der Waals surface area (Å²) in [4.78, 5) is 22.3. The monoisotopic (exact) mass is 361 g/mol. The van der Waals surface area contributed by atoms with E-state index < -0.39 is 0 Å². The maximum absolute atomic E-state index is 12.7. The summed E-state index contributed by atoms with van der Waals surface area (Å²) in [6.45, 7) is 5.08. The van der Waals surface area contributed by atoms with Crippen LogP contribution in [0.1, 0.15) is 6.92 Å². The van der Waals surface area contributed by atoms with E-state index in [1.165, 1.54) is 0 Å². The molecule has 1 aromatic heterocycles. The number of piperazine rings is 1. The molecule has 4 nitrogen and oxygen atoms in total. The van der Waals surface area contributed by atoms with Crippen LogP contribution >= 0.6 is 23.4 Å². The average Bonchev–Trinajstić information content (AvgIpc) is 2.64. The molecule has 0 radical (unpaired) electrons. The maximum Gasteiger partial charge on any atom is 0.235 e. The number of benzene rings is 1. The average molecular weight is 362 g/mol. The van der Waals surface area contributed by atoms with E-state index in [9.17, 15) is 4.79 Å². The van der Waals surface area contributed by atoms with E-state index >= 15 is 0 Å². The fourth-order valence-electron chi connectivity index (χ4n) is 2.72. The molecule has 0 saturated carbocycles. The predicted molar refractivity (Wildman–Crippen MR) is 99.8 cm³/mol. The lowest BCUT2D eigenvalue weighted by Crippen LogP contribution is -2.50. The molecule has 1 aliphatic rings. The van der Waals surface area contributed by atoms with Crippen molar-refractivity contribution < 1.29 is 4.79 Å². The fraction of sp³-hybridized carbons (Fsp3) is 0.333. The Morgan fingerprint density at radius 3 is 2.46 bits per heavy atom. The van der Waals surface area contributed by atoms with Crippen molar-refractivity contribution in [3.8, 4) is 0 Å². The zero-order valence-electron chi connectivity index (χ0n) is 13.6. The quantitative estimate of drug-likeness (QED) is 0.780. The van der Waals surface area contributed by atoms with Gasteiger partial charge in [0.2, 0.25) is 5.91 Å². The molecule has 2 aromatic rings. The topological polar surface area (TPSA) is 36.4 Å². The highest BCUT2D eigenvalue weighted by Crippen LogP contribution is 2.26. The van der Waals surface area contributed by atoms with E-state index in [1.807, 2.05) is 54.3 Å². The molecule has 6 heteroatoms. The molecular formula is C18H20ClN3OS. The van der Waals surface area contributed by atoms with Crippen LogP contribution in [0.3, 0.4) is 0 Å². The van der Waals surface area contributed by atoms with Gasteiger partial charge in [-0.25, -0.2) is 4.98 Å². The van der Waals surface area contributed by atoms with Crippen molar-refractivity contribution in [1.29, 1.82) is 0 Å². The molecule has 24 heavy (non-hydrogen) atoms. The van der Waals surface area contributed by atoms with E-state index in [0.29, 0.717) is 5.02 Å². The molecule has 0 bridgehead atoms. The molecule has 0 spiro atoms. The van der Waals surface area contributed by atoms with Crippen molar-refractivity contribution >= 4 is 35.1 Å². The normalized spacial score (nSPS) is 16.1. The molecular weight excluding hydrogens is 342 g/mol. The van der Waals surface area contributed by atoms with Crippen molar-refractivity contribution in [3.63, 3.8) is 0 Å². The van der Waals surface area contributed by atoms with Gasteiger partial charge in [-0.2, -0.15) is 0 Å². The number of aromatic nitrogens is 1. The van der Waals surface area contributed by atoms with Gasteiger partial charge in [-0.3, -0.25) is 4.79 Å². The van der Waals surface area contributed by atoms with Gasteiger partial charge in [0.05, 0.1) is 5.25 Å². The number of carbonyl (C=O) groups excluding carboxylic acids is 1. The summed E-state index contributed by atoms with van der Waals surface area (Å²) in [6, 6.07) is 13.5. The summed E-state index contributed by atoms with van der Waals surface area (Å²) in [5.41, 5.74) is 0. The van der Waals surface area contributed by atoms with Gasteiger partial charge in [0, 0.05) is 42.3 Å². The van der Waals surface area contributed by atoms with Gasteiger partial charge in [0.25, 0.3) is 0 Å². The van der Waals surface area contributed by atoms with Crippen LogP contribution < -0.4 is 4.90 Å². The van der Waals surface area contributed by atoms with Crippen molar-refractivity contribution in [2.45, 2.75) is 17.1 Å². The Morgan fingerprint density at radius 1 is 1.12 bits per heavy atom. The number of carbonyl (C=O) groups is 1. The zero-order valence-corrected chi connectivity index (χ0v) is 15.1. The van der Waals surface area contributed by atoms with Gasteiger partial charge < -0.3 is 9.80 Å². The molecule has 1 fully saturated rings. The summed E-state index contributed by atoms with van der Waals surface area (Å²) in [5.74, 6) is 1.17. The molecule has 1 amide bonds. The Labute approximate surface area is 151 Å². The summed E-state index contributed by atoms with van der Waals surface area (Å²) in [5, 5.41) is 0.608. The van der Waals surface area contributed by atoms with E-state index in [-0.39, 0.29) is 11.2 Å². The van der Waals surface area contributed by atoms with Crippen LogP contribution in [0.15, 0.2) is 53.6 Å². The highest BCUT2D eigenvalue weighted by atomic mass is 35.5. The Balaban J connectivity index is 1.53. The molecule has 3 rings (SSSR count). The van der Waals surface area contributed by atoms with Crippen LogP contribution in [0, 0.1) is 0 Å². The smallest absolute Gasteiger partial charge is 0.235 e. The molecule has 1 saturated heterocycles. The molecule has 126 valence electrons. The highest BCUT2D eigenvalue weighted by Gasteiger charge is 2.25. The second-order valence-corrected chi connectivity index (χ2v) is 7.56. The van der Waals surface area contributed by atoms with Crippen molar-refractivity contribution in [1.82, 2.24) is 9.88 Å². The number of rotatable bonds is 4.